The summed E-state index contributed by atoms with van der Waals surface area (Å²) in [6.07, 6.45) is 2.32. The van der Waals surface area contributed by atoms with E-state index in [9.17, 15) is 0 Å². The molecule has 5 nitrogen and oxygen atoms in total. The first-order chi connectivity index (χ1) is 7.43. The SMILES string of the molecule is CCCCOc1ccccc1.O=S(=O)([O-])[O-].[Na+].[Na+]. The van der Waals surface area contributed by atoms with Gasteiger partial charge in [-0.25, -0.2) is 0 Å². The minimum atomic E-state index is -5.17. The maximum absolute atomic E-state index is 8.52. The Hall–Kier alpha value is 0.890. The Morgan fingerprint density at radius 2 is 1.56 bits per heavy atom. The fourth-order valence-electron chi connectivity index (χ4n) is 0.851. The monoisotopic (exact) mass is 292 g/mol. The van der Waals surface area contributed by atoms with Crippen LogP contribution >= 0.6 is 0 Å². The van der Waals surface area contributed by atoms with Crippen molar-refractivity contribution in [1.29, 1.82) is 0 Å². The molecule has 0 saturated heterocycles. The third-order valence-corrected chi connectivity index (χ3v) is 1.51. The molecule has 0 aromatic heterocycles. The van der Waals surface area contributed by atoms with Crippen LogP contribution in [0.15, 0.2) is 30.3 Å². The Morgan fingerprint density at radius 3 is 1.94 bits per heavy atom. The summed E-state index contributed by atoms with van der Waals surface area (Å²) in [6, 6.07) is 9.93. The van der Waals surface area contributed by atoms with Crippen LogP contribution in [0.2, 0.25) is 0 Å². The molecule has 92 valence electrons. The van der Waals surface area contributed by atoms with Crippen molar-refractivity contribution >= 4 is 10.4 Å². The molecule has 0 amide bonds. The van der Waals surface area contributed by atoms with Crippen LogP contribution in [-0.2, 0) is 10.4 Å². The molecule has 0 fully saturated rings. The number of benzene rings is 1. The van der Waals surface area contributed by atoms with Gasteiger partial charge in [0.2, 0.25) is 0 Å². The summed E-state index contributed by atoms with van der Waals surface area (Å²) in [4.78, 5) is 0. The van der Waals surface area contributed by atoms with E-state index in [4.69, 9.17) is 22.3 Å². The van der Waals surface area contributed by atoms with Crippen LogP contribution < -0.4 is 63.9 Å². The van der Waals surface area contributed by atoms with Crippen molar-refractivity contribution in [1.82, 2.24) is 0 Å². The smallest absolute Gasteiger partial charge is 0.759 e. The van der Waals surface area contributed by atoms with Gasteiger partial charge in [-0.3, -0.25) is 8.42 Å². The van der Waals surface area contributed by atoms with Gasteiger partial charge in [0.25, 0.3) is 0 Å². The van der Waals surface area contributed by atoms with Gasteiger partial charge in [-0.2, -0.15) is 0 Å². The van der Waals surface area contributed by atoms with Crippen molar-refractivity contribution in [2.45, 2.75) is 19.8 Å². The Bertz CT molecular complexity index is 361. The number of para-hydroxylation sites is 1. The summed E-state index contributed by atoms with van der Waals surface area (Å²) in [5.41, 5.74) is 0. The minimum absolute atomic E-state index is 0. The first kappa shape index (κ1) is 23.9. The molecular weight excluding hydrogens is 278 g/mol. The number of rotatable bonds is 4. The van der Waals surface area contributed by atoms with Crippen LogP contribution in [0.3, 0.4) is 0 Å². The van der Waals surface area contributed by atoms with E-state index >= 15 is 0 Å². The second kappa shape index (κ2) is 14.3. The van der Waals surface area contributed by atoms with Crippen molar-refractivity contribution in [2.75, 3.05) is 6.61 Å². The van der Waals surface area contributed by atoms with E-state index in [1.807, 2.05) is 30.3 Å². The number of ether oxygens (including phenoxy) is 1. The van der Waals surface area contributed by atoms with Crippen LogP contribution in [0.4, 0.5) is 0 Å². The molecule has 0 atom stereocenters. The largest absolute Gasteiger partial charge is 1.00 e. The maximum atomic E-state index is 8.52. The van der Waals surface area contributed by atoms with Gasteiger partial charge in [0, 0.05) is 10.4 Å². The first-order valence-corrected chi connectivity index (χ1v) is 6.11. The molecule has 1 aromatic rings. The second-order valence-corrected chi connectivity index (χ2v) is 3.74. The van der Waals surface area contributed by atoms with Gasteiger partial charge in [0.05, 0.1) is 6.61 Å². The molecule has 1 rings (SSSR count). The predicted octanol–water partition coefficient (Wildman–Crippen LogP) is -4.46. The zero-order chi connectivity index (χ0) is 12.4. The van der Waals surface area contributed by atoms with Crippen molar-refractivity contribution in [2.24, 2.45) is 0 Å². The van der Waals surface area contributed by atoms with E-state index < -0.39 is 10.4 Å². The third-order valence-electron chi connectivity index (χ3n) is 1.51. The fourth-order valence-corrected chi connectivity index (χ4v) is 0.851. The molecule has 1 aromatic carbocycles. The Kier molecular flexibility index (Phi) is 19.0. The van der Waals surface area contributed by atoms with E-state index in [0.717, 1.165) is 18.8 Å². The average Bonchev–Trinajstić information content (AvgIpc) is 2.17. The first-order valence-electron chi connectivity index (χ1n) is 4.78. The normalized spacial score (nSPS) is 9.06. The van der Waals surface area contributed by atoms with Crippen molar-refractivity contribution < 1.29 is 81.4 Å². The number of hydrogen-bond donors (Lipinski definition) is 0. The molecule has 0 heterocycles. The van der Waals surface area contributed by atoms with Crippen LogP contribution in [0.25, 0.3) is 0 Å². The Morgan fingerprint density at radius 1 is 1.11 bits per heavy atom. The molecule has 0 radical (unpaired) electrons. The fraction of sp³-hybridized carbons (Fsp3) is 0.400. The van der Waals surface area contributed by atoms with Gasteiger partial charge in [0.1, 0.15) is 5.75 Å². The van der Waals surface area contributed by atoms with E-state index in [-0.39, 0.29) is 59.1 Å². The number of unbranched alkanes of at least 4 members (excludes halogenated alkanes) is 1. The third kappa shape index (κ3) is 22.1. The van der Waals surface area contributed by atoms with E-state index in [1.54, 1.807) is 0 Å². The summed E-state index contributed by atoms with van der Waals surface area (Å²) in [5, 5.41) is 0. The molecule has 0 aliphatic carbocycles. The van der Waals surface area contributed by atoms with Gasteiger partial charge < -0.3 is 13.8 Å². The molecule has 0 spiro atoms. The quantitative estimate of drug-likeness (QED) is 0.242. The summed E-state index contributed by atoms with van der Waals surface area (Å²) in [7, 11) is -5.17. The molecule has 0 saturated carbocycles. The molecule has 18 heavy (non-hydrogen) atoms. The zero-order valence-corrected chi connectivity index (χ0v) is 15.8. The van der Waals surface area contributed by atoms with E-state index in [0.29, 0.717) is 0 Å². The van der Waals surface area contributed by atoms with Crippen LogP contribution in [0.5, 0.6) is 5.75 Å². The molecule has 0 aliphatic heterocycles. The average molecular weight is 292 g/mol. The molecule has 0 N–H and O–H groups in total. The minimum Gasteiger partial charge on any atom is -0.759 e. The Balaban J connectivity index is -0.000000282. The predicted molar refractivity (Wildman–Crippen MR) is 57.3 cm³/mol. The van der Waals surface area contributed by atoms with Crippen LogP contribution in [-0.4, -0.2) is 24.1 Å². The van der Waals surface area contributed by atoms with Gasteiger partial charge in [-0.1, -0.05) is 31.5 Å². The summed E-state index contributed by atoms with van der Waals surface area (Å²) >= 11 is 0. The molecule has 0 aliphatic rings. The summed E-state index contributed by atoms with van der Waals surface area (Å²) in [5.74, 6) is 0.973. The maximum Gasteiger partial charge on any atom is 1.00 e. The van der Waals surface area contributed by atoms with Gasteiger partial charge in [0.15, 0.2) is 0 Å². The molecule has 0 bridgehead atoms. The van der Waals surface area contributed by atoms with E-state index in [1.165, 1.54) is 6.42 Å². The topological polar surface area (TPSA) is 89.5 Å². The van der Waals surface area contributed by atoms with Crippen LogP contribution in [0, 0.1) is 0 Å². The summed E-state index contributed by atoms with van der Waals surface area (Å²) in [6.45, 7) is 2.99. The van der Waals surface area contributed by atoms with Gasteiger partial charge in [-0.05, 0) is 18.6 Å². The van der Waals surface area contributed by atoms with Crippen molar-refractivity contribution in [3.63, 3.8) is 0 Å². The van der Waals surface area contributed by atoms with Crippen LogP contribution in [0.1, 0.15) is 19.8 Å². The molecular formula is C10H14Na2O5S. The Labute approximate surface area is 152 Å². The molecule has 0 unspecified atom stereocenters. The van der Waals surface area contributed by atoms with Crippen molar-refractivity contribution in [3.05, 3.63) is 30.3 Å². The van der Waals surface area contributed by atoms with Gasteiger partial charge in [-0.15, -0.1) is 0 Å². The van der Waals surface area contributed by atoms with Gasteiger partial charge >= 0.3 is 59.1 Å². The second-order valence-electron chi connectivity index (χ2n) is 2.92. The zero-order valence-electron chi connectivity index (χ0n) is 11.0. The van der Waals surface area contributed by atoms with Crippen molar-refractivity contribution in [3.8, 4) is 5.75 Å². The van der Waals surface area contributed by atoms with E-state index in [2.05, 4.69) is 6.92 Å². The number of hydrogen-bond acceptors (Lipinski definition) is 5. The molecule has 8 heteroatoms. The summed E-state index contributed by atoms with van der Waals surface area (Å²) < 4.78 is 39.5. The standard InChI is InChI=1S/C10H14O.2Na.H2O4S/c1-2-3-9-11-10-7-5-4-6-8-10;;;1-5(2,3)4/h4-8H,2-3,9H2,1H3;;;(H2,1,2,3,4)/q;2*+1;/p-2.